The van der Waals surface area contributed by atoms with Gasteiger partial charge in [-0.2, -0.15) is 26.3 Å². The minimum Gasteiger partial charge on any atom is -0.380 e. The standard InChI is InChI=1S/C28H31F7N2O2/c1-5-18(8-12-25(38)22-11-9-19(13-24(22)29)28(33,34)35)14-37(4)15-23-17(3)7-10-21(20(23)6-2)26(39)36-16-27(30,31)32/h7,9-11,13,15,18H,3,5-6,8,12,14,16H2,1-2,4H3,(H,36,39)/b23-15+. The van der Waals surface area contributed by atoms with Crippen molar-refractivity contribution in [3.8, 4) is 0 Å². The van der Waals surface area contributed by atoms with Crippen LogP contribution >= 0.6 is 0 Å². The highest BCUT2D eigenvalue weighted by atomic mass is 19.4. The third-order valence-electron chi connectivity index (χ3n) is 6.34. The molecule has 1 amide bonds. The predicted octanol–water partition coefficient (Wildman–Crippen LogP) is 5.47. The van der Waals surface area contributed by atoms with Crippen molar-refractivity contribution < 1.29 is 40.3 Å². The Hall–Kier alpha value is -3.37. The summed E-state index contributed by atoms with van der Waals surface area (Å²) in [6.07, 6.45) is -6.22. The average molecular weight is 561 g/mol. The van der Waals surface area contributed by atoms with E-state index < -0.39 is 47.5 Å². The lowest BCUT2D eigenvalue weighted by Gasteiger charge is -2.22. The van der Waals surface area contributed by atoms with Gasteiger partial charge in [0.2, 0.25) is 0 Å². The van der Waals surface area contributed by atoms with Crippen LogP contribution < -0.4 is 15.8 Å². The minimum absolute atomic E-state index is 0.0377. The number of hydrogen-bond donors (Lipinski definition) is 1. The van der Waals surface area contributed by atoms with Gasteiger partial charge in [-0.3, -0.25) is 9.59 Å². The van der Waals surface area contributed by atoms with Gasteiger partial charge in [0.15, 0.2) is 5.78 Å². The molecule has 1 N–H and O–H groups in total. The van der Waals surface area contributed by atoms with E-state index in [0.717, 1.165) is 6.07 Å². The van der Waals surface area contributed by atoms with Gasteiger partial charge in [-0.15, -0.1) is 0 Å². The maximum atomic E-state index is 14.2. The van der Waals surface area contributed by atoms with Gasteiger partial charge < -0.3 is 10.2 Å². The van der Waals surface area contributed by atoms with E-state index in [0.29, 0.717) is 53.9 Å². The Bertz CT molecular complexity index is 1290. The van der Waals surface area contributed by atoms with Gasteiger partial charge in [0.1, 0.15) is 12.4 Å². The van der Waals surface area contributed by atoms with Gasteiger partial charge in [-0.25, -0.2) is 4.39 Å². The van der Waals surface area contributed by atoms with Gasteiger partial charge in [0.25, 0.3) is 5.91 Å². The number of rotatable bonds is 11. The number of nitrogens with zero attached hydrogens (tertiary/aromatic N) is 1. The fourth-order valence-corrected chi connectivity index (χ4v) is 4.24. The number of amides is 1. The molecule has 0 aliphatic carbocycles. The first-order valence-corrected chi connectivity index (χ1v) is 12.3. The topological polar surface area (TPSA) is 49.4 Å². The van der Waals surface area contributed by atoms with Crippen LogP contribution in [-0.2, 0) is 12.6 Å². The number of nitrogens with one attached hydrogen (secondary N) is 1. The summed E-state index contributed by atoms with van der Waals surface area (Å²) in [6, 6.07) is 4.82. The van der Waals surface area contributed by atoms with Crippen LogP contribution in [-0.4, -0.2) is 42.9 Å². The first-order chi connectivity index (χ1) is 18.1. The van der Waals surface area contributed by atoms with Crippen LogP contribution in [0.5, 0.6) is 0 Å². The van der Waals surface area contributed by atoms with Gasteiger partial charge in [0, 0.05) is 37.0 Å². The second kappa shape index (κ2) is 13.1. The molecule has 0 aliphatic rings. The molecule has 1 unspecified atom stereocenters. The Morgan fingerprint density at radius 3 is 2.23 bits per heavy atom. The lowest BCUT2D eigenvalue weighted by atomic mass is 9.95. The van der Waals surface area contributed by atoms with E-state index in [1.54, 1.807) is 26.2 Å². The molecule has 0 saturated heterocycles. The van der Waals surface area contributed by atoms with Gasteiger partial charge in [-0.05, 0) is 53.8 Å². The molecule has 0 fully saturated rings. The first kappa shape index (κ1) is 31.8. The quantitative estimate of drug-likeness (QED) is 0.293. The Kier molecular flexibility index (Phi) is 10.7. The Morgan fingerprint density at radius 1 is 1.05 bits per heavy atom. The highest BCUT2D eigenvalue weighted by molar-refractivity contribution is 5.96. The number of carbonyl (C=O) groups excluding carboxylic acids is 2. The van der Waals surface area contributed by atoms with E-state index in [4.69, 9.17) is 0 Å². The zero-order valence-corrected chi connectivity index (χ0v) is 21.9. The molecule has 214 valence electrons. The van der Waals surface area contributed by atoms with Crippen LogP contribution in [0.3, 0.4) is 0 Å². The molecule has 0 bridgehead atoms. The second-order valence-electron chi connectivity index (χ2n) is 9.31. The number of Topliss-reactive ketones (excluding diaryl/α,β-unsaturated/α-hetero) is 1. The van der Waals surface area contributed by atoms with E-state index in [-0.39, 0.29) is 17.9 Å². The molecule has 0 radical (unpaired) electrons. The molecule has 2 rings (SSSR count). The molecule has 39 heavy (non-hydrogen) atoms. The molecular formula is C28H31F7N2O2. The number of ketones is 1. The van der Waals surface area contributed by atoms with Crippen molar-refractivity contribution in [3.63, 3.8) is 0 Å². The average Bonchev–Trinajstić information content (AvgIpc) is 2.84. The monoisotopic (exact) mass is 560 g/mol. The summed E-state index contributed by atoms with van der Waals surface area (Å²) in [5, 5.41) is 3.05. The molecule has 11 heteroatoms. The van der Waals surface area contributed by atoms with Crippen molar-refractivity contribution in [3.05, 3.63) is 68.8 Å². The smallest absolute Gasteiger partial charge is 0.380 e. The van der Waals surface area contributed by atoms with E-state index in [9.17, 15) is 40.3 Å². The van der Waals surface area contributed by atoms with Crippen LogP contribution in [0.15, 0.2) is 30.3 Å². The molecule has 4 nitrogen and oxygen atoms in total. The number of benzene rings is 2. The van der Waals surface area contributed by atoms with E-state index in [1.807, 2.05) is 17.1 Å². The zero-order chi connectivity index (χ0) is 29.5. The van der Waals surface area contributed by atoms with Crippen LogP contribution in [0.2, 0.25) is 0 Å². The lowest BCUT2D eigenvalue weighted by molar-refractivity contribution is -0.137. The maximum Gasteiger partial charge on any atom is 0.416 e. The molecule has 0 heterocycles. The molecule has 0 aliphatic heterocycles. The van der Waals surface area contributed by atoms with Crippen molar-refractivity contribution in [1.29, 1.82) is 0 Å². The largest absolute Gasteiger partial charge is 0.416 e. The van der Waals surface area contributed by atoms with Crippen molar-refractivity contribution in [2.24, 2.45) is 5.92 Å². The summed E-state index contributed by atoms with van der Waals surface area (Å²) in [5.41, 5.74) is -0.911. The molecule has 2 aromatic rings. The van der Waals surface area contributed by atoms with E-state index in [1.165, 1.54) is 6.07 Å². The number of halogens is 7. The third kappa shape index (κ3) is 9.11. The first-order valence-electron chi connectivity index (χ1n) is 12.3. The highest BCUT2D eigenvalue weighted by Gasteiger charge is 2.32. The fraction of sp³-hybridized carbons (Fsp3) is 0.429. The Morgan fingerprint density at radius 2 is 1.69 bits per heavy atom. The second-order valence-corrected chi connectivity index (χ2v) is 9.31. The Labute approximate surface area is 222 Å². The highest BCUT2D eigenvalue weighted by Crippen LogP contribution is 2.30. The predicted molar refractivity (Wildman–Crippen MR) is 135 cm³/mol. The summed E-state index contributed by atoms with van der Waals surface area (Å²) in [7, 11) is 1.76. The van der Waals surface area contributed by atoms with Crippen LogP contribution in [0.25, 0.3) is 12.8 Å². The van der Waals surface area contributed by atoms with Crippen LogP contribution in [0.1, 0.15) is 65.0 Å². The summed E-state index contributed by atoms with van der Waals surface area (Å²) >= 11 is 0. The normalized spacial score (nSPS) is 13.3. The van der Waals surface area contributed by atoms with Crippen molar-refractivity contribution in [1.82, 2.24) is 10.2 Å². The molecule has 0 saturated carbocycles. The maximum absolute atomic E-state index is 14.2. The Balaban J connectivity index is 2.17. The van der Waals surface area contributed by atoms with Crippen molar-refractivity contribution >= 4 is 24.5 Å². The van der Waals surface area contributed by atoms with Crippen molar-refractivity contribution in [2.75, 3.05) is 20.1 Å². The number of carbonyl (C=O) groups is 2. The van der Waals surface area contributed by atoms with Crippen molar-refractivity contribution in [2.45, 2.75) is 51.9 Å². The summed E-state index contributed by atoms with van der Waals surface area (Å²) in [4.78, 5) is 26.8. The third-order valence-corrected chi connectivity index (χ3v) is 6.34. The summed E-state index contributed by atoms with van der Waals surface area (Å²) < 4.78 is 90.1. The summed E-state index contributed by atoms with van der Waals surface area (Å²) in [6.45, 7) is 6.64. The van der Waals surface area contributed by atoms with Gasteiger partial charge in [-0.1, -0.05) is 32.9 Å². The molecule has 1 atom stereocenters. The zero-order valence-electron chi connectivity index (χ0n) is 21.9. The molecular weight excluding hydrogens is 529 g/mol. The number of hydrogen-bond acceptors (Lipinski definition) is 3. The van der Waals surface area contributed by atoms with Gasteiger partial charge in [0.05, 0.1) is 11.1 Å². The molecule has 0 spiro atoms. The summed E-state index contributed by atoms with van der Waals surface area (Å²) in [5.74, 6) is -2.70. The van der Waals surface area contributed by atoms with E-state index in [2.05, 4.69) is 6.58 Å². The molecule has 0 aromatic heterocycles. The number of alkyl halides is 6. The minimum atomic E-state index is -4.71. The molecule has 2 aromatic carbocycles. The van der Waals surface area contributed by atoms with Gasteiger partial charge >= 0.3 is 12.4 Å². The van der Waals surface area contributed by atoms with Crippen LogP contribution in [0, 0.1) is 11.7 Å². The van der Waals surface area contributed by atoms with Crippen LogP contribution in [0.4, 0.5) is 30.7 Å². The SMILES string of the molecule is C=c1ccc(C(=O)NCC(F)(F)F)c(CC)/c1=C/N(C)CC(CC)CCC(=O)c1ccc(C(F)(F)F)cc1F. The lowest BCUT2D eigenvalue weighted by Crippen LogP contribution is -2.38. The fourth-order valence-electron chi connectivity index (χ4n) is 4.24. The van der Waals surface area contributed by atoms with E-state index >= 15 is 0 Å².